The number of hydrogen-bond acceptors (Lipinski definition) is 5. The van der Waals surface area contributed by atoms with Crippen LogP contribution < -0.4 is 15.4 Å². The molecule has 0 spiro atoms. The predicted octanol–water partition coefficient (Wildman–Crippen LogP) is 4.53. The molecule has 0 aliphatic rings. The van der Waals surface area contributed by atoms with Crippen molar-refractivity contribution >= 4 is 23.1 Å². The number of ether oxygens (including phenoxy) is 1. The maximum Gasteiger partial charge on any atom is 0.276 e. The number of nitrogens with zero attached hydrogens (tertiary/aromatic N) is 2. The molecule has 6 nitrogen and oxygen atoms in total. The Balaban J connectivity index is 0.00000243. The van der Waals surface area contributed by atoms with Gasteiger partial charge in [0.2, 0.25) is 0 Å². The second kappa shape index (κ2) is 7.44. The van der Waals surface area contributed by atoms with Crippen LogP contribution in [0.1, 0.15) is 20.5 Å². The molecule has 2 N–H and O–H groups in total. The van der Waals surface area contributed by atoms with Crippen LogP contribution in [0.5, 0.6) is 5.75 Å². The molecule has 6 heteroatoms. The van der Waals surface area contributed by atoms with Crippen LogP contribution in [0.4, 0.5) is 17.2 Å². The molecule has 0 aliphatic carbocycles. The van der Waals surface area contributed by atoms with Crippen LogP contribution in [0.2, 0.25) is 0 Å². The molecule has 0 unspecified atom stereocenters. The third-order valence-corrected chi connectivity index (χ3v) is 3.57. The average molecular weight is 340 g/mol. The van der Waals surface area contributed by atoms with E-state index in [-0.39, 0.29) is 15.9 Å². The first kappa shape index (κ1) is 16.4. The van der Waals surface area contributed by atoms with E-state index in [0.717, 1.165) is 5.69 Å². The molecule has 25 heavy (non-hydrogen) atoms. The first-order valence-electron chi connectivity index (χ1n) is 7.77. The Kier molecular flexibility index (Phi) is 4.89. The fourth-order valence-corrected chi connectivity index (χ4v) is 2.32. The van der Waals surface area contributed by atoms with Crippen molar-refractivity contribution in [1.82, 2.24) is 9.97 Å². The number of nitrogens with one attached hydrogen (secondary N) is 2. The number of methoxy groups -OCH3 is 1. The summed E-state index contributed by atoms with van der Waals surface area (Å²) in [6.45, 7) is 1.75. The van der Waals surface area contributed by atoms with Gasteiger partial charge in [0, 0.05) is 9.97 Å². The minimum atomic E-state index is -0.341. The Labute approximate surface area is 150 Å². The molecule has 0 bridgehead atoms. The summed E-state index contributed by atoms with van der Waals surface area (Å²) in [6, 6.07) is 16.8. The number of hydrogen-bond donors (Lipinski definition) is 2. The van der Waals surface area contributed by atoms with E-state index in [1.54, 1.807) is 32.4 Å². The number of para-hydroxylation sites is 3. The van der Waals surface area contributed by atoms with Gasteiger partial charge in [0.25, 0.3) is 5.91 Å². The zero-order valence-electron chi connectivity index (χ0n) is 14.0. The summed E-state index contributed by atoms with van der Waals surface area (Å²) in [5.41, 5.74) is 2.26. The Hall–Kier alpha value is -3.41. The van der Waals surface area contributed by atoms with Gasteiger partial charge < -0.3 is 15.4 Å². The number of aryl methyl sites for hydroxylation is 1. The van der Waals surface area contributed by atoms with Crippen molar-refractivity contribution in [2.45, 2.75) is 6.92 Å². The molecular weight excluding hydrogens is 316 g/mol. The summed E-state index contributed by atoms with van der Waals surface area (Å²) in [5, 5.41) is 5.95. The quantitative estimate of drug-likeness (QED) is 0.714. The Morgan fingerprint density at radius 2 is 1.80 bits per heavy atom. The number of amides is 1. The van der Waals surface area contributed by atoms with Crippen molar-refractivity contribution in [2.75, 3.05) is 17.7 Å². The second-order valence-electron chi connectivity index (χ2n) is 5.33. The van der Waals surface area contributed by atoms with Crippen molar-refractivity contribution < 1.29 is 13.8 Å². The smallest absolute Gasteiger partial charge is 0.276 e. The van der Waals surface area contributed by atoms with Crippen molar-refractivity contribution in [2.24, 2.45) is 0 Å². The van der Waals surface area contributed by atoms with Gasteiger partial charge in [-0.2, -0.15) is 0 Å². The fraction of sp³-hybridized carbons (Fsp3) is 0.105. The number of anilines is 3. The van der Waals surface area contributed by atoms with Crippen molar-refractivity contribution in [3.8, 4) is 5.75 Å². The highest BCUT2D eigenvalue weighted by Gasteiger charge is 2.15. The summed E-state index contributed by atoms with van der Waals surface area (Å²) in [6.07, 6.45) is 1.60. The third kappa shape index (κ3) is 3.92. The van der Waals surface area contributed by atoms with Crippen LogP contribution >= 0.6 is 0 Å². The third-order valence-electron chi connectivity index (χ3n) is 3.57. The molecular formula is C19H24N4O2. The highest BCUT2D eigenvalue weighted by atomic mass is 16.5. The molecule has 1 aromatic heterocycles. The Morgan fingerprint density at radius 3 is 2.56 bits per heavy atom. The zero-order chi connectivity index (χ0) is 17.6. The predicted molar refractivity (Wildman–Crippen MR) is 104 cm³/mol. The molecule has 0 atom stereocenters. The lowest BCUT2D eigenvalue weighted by Crippen LogP contribution is -2.17. The van der Waals surface area contributed by atoms with E-state index in [4.69, 9.17) is 4.74 Å². The van der Waals surface area contributed by atoms with Gasteiger partial charge in [-0.25, -0.2) is 4.98 Å². The van der Waals surface area contributed by atoms with Crippen LogP contribution in [0.15, 0.2) is 60.8 Å². The standard InChI is InChI=1S/C19H18N4O2.3H2/c1-13-18(19(24)22-15-10-6-7-11-16(15)25-2)23-17(12-20-13)21-14-8-4-3-5-9-14;;;/h3-12H,1-2H3,(H,21,23)(H,22,24);3*1H. The lowest BCUT2D eigenvalue weighted by molar-refractivity contribution is 0.102. The number of aromatic nitrogens is 2. The molecule has 1 amide bonds. The molecule has 3 aromatic rings. The largest absolute Gasteiger partial charge is 0.495 e. The molecule has 3 rings (SSSR count). The number of benzene rings is 2. The van der Waals surface area contributed by atoms with Gasteiger partial charge in [0.05, 0.1) is 24.7 Å². The van der Waals surface area contributed by atoms with Gasteiger partial charge in [0.1, 0.15) is 11.6 Å². The fourth-order valence-electron chi connectivity index (χ4n) is 2.32. The minimum Gasteiger partial charge on any atom is -0.495 e. The first-order chi connectivity index (χ1) is 12.2. The molecule has 0 fully saturated rings. The summed E-state index contributed by atoms with van der Waals surface area (Å²) in [4.78, 5) is 21.3. The van der Waals surface area contributed by atoms with Crippen molar-refractivity contribution in [3.05, 3.63) is 72.2 Å². The van der Waals surface area contributed by atoms with Crippen LogP contribution in [0.3, 0.4) is 0 Å². The maximum atomic E-state index is 12.6. The second-order valence-corrected chi connectivity index (χ2v) is 5.33. The lowest BCUT2D eigenvalue weighted by atomic mass is 10.2. The Bertz CT molecular complexity index is 895. The topological polar surface area (TPSA) is 76.1 Å². The van der Waals surface area contributed by atoms with E-state index >= 15 is 0 Å². The van der Waals surface area contributed by atoms with Crippen LogP contribution in [-0.2, 0) is 0 Å². The minimum absolute atomic E-state index is 0. The first-order valence-corrected chi connectivity index (χ1v) is 7.77. The number of carbonyl (C=O) groups excluding carboxylic acids is 1. The van der Waals surface area contributed by atoms with Gasteiger partial charge in [0.15, 0.2) is 5.69 Å². The monoisotopic (exact) mass is 340 g/mol. The van der Waals surface area contributed by atoms with Gasteiger partial charge in [-0.15, -0.1) is 0 Å². The summed E-state index contributed by atoms with van der Waals surface area (Å²) < 4.78 is 5.25. The lowest BCUT2D eigenvalue weighted by Gasteiger charge is -2.11. The summed E-state index contributed by atoms with van der Waals surface area (Å²) in [7, 11) is 1.56. The van der Waals surface area contributed by atoms with E-state index in [0.29, 0.717) is 22.9 Å². The van der Waals surface area contributed by atoms with Gasteiger partial charge in [-0.3, -0.25) is 9.78 Å². The highest BCUT2D eigenvalue weighted by Crippen LogP contribution is 2.24. The Morgan fingerprint density at radius 1 is 1.08 bits per heavy atom. The van der Waals surface area contributed by atoms with Crippen LogP contribution in [0.25, 0.3) is 0 Å². The molecule has 0 saturated carbocycles. The number of carbonyl (C=O) groups is 1. The highest BCUT2D eigenvalue weighted by molar-refractivity contribution is 6.04. The van der Waals surface area contributed by atoms with E-state index in [9.17, 15) is 4.79 Å². The SMILES string of the molecule is COc1ccccc1NC(=O)c1nc(Nc2ccccc2)cnc1C.[HH].[HH].[HH]. The summed E-state index contributed by atoms with van der Waals surface area (Å²) >= 11 is 0. The number of rotatable bonds is 5. The molecule has 0 aliphatic heterocycles. The van der Waals surface area contributed by atoms with E-state index in [1.165, 1.54) is 0 Å². The van der Waals surface area contributed by atoms with Gasteiger partial charge in [-0.1, -0.05) is 30.3 Å². The van der Waals surface area contributed by atoms with Crippen LogP contribution in [-0.4, -0.2) is 23.0 Å². The van der Waals surface area contributed by atoms with E-state index in [2.05, 4.69) is 20.6 Å². The molecule has 132 valence electrons. The maximum absolute atomic E-state index is 12.6. The summed E-state index contributed by atoms with van der Waals surface area (Å²) in [5.74, 6) is 0.744. The molecule has 0 radical (unpaired) electrons. The molecule has 0 saturated heterocycles. The van der Waals surface area contributed by atoms with E-state index in [1.807, 2.05) is 42.5 Å². The molecule has 2 aromatic carbocycles. The average Bonchev–Trinajstić information content (AvgIpc) is 2.64. The molecule has 1 heterocycles. The zero-order valence-corrected chi connectivity index (χ0v) is 14.0. The van der Waals surface area contributed by atoms with Gasteiger partial charge >= 0.3 is 0 Å². The van der Waals surface area contributed by atoms with Crippen LogP contribution in [0, 0.1) is 6.92 Å². The van der Waals surface area contributed by atoms with Crippen molar-refractivity contribution in [3.63, 3.8) is 0 Å². The van der Waals surface area contributed by atoms with Gasteiger partial charge in [-0.05, 0) is 31.2 Å². The normalized spacial score (nSPS) is 10.2. The van der Waals surface area contributed by atoms with E-state index < -0.39 is 0 Å². The van der Waals surface area contributed by atoms with Crippen molar-refractivity contribution in [1.29, 1.82) is 0 Å².